The lowest BCUT2D eigenvalue weighted by Crippen LogP contribution is -2.54. The molecular weight excluding hydrogens is 344 g/mol. The summed E-state index contributed by atoms with van der Waals surface area (Å²) >= 11 is 0. The van der Waals surface area contributed by atoms with Crippen molar-refractivity contribution in [2.45, 2.75) is 20.3 Å². The first-order chi connectivity index (χ1) is 13.0. The third-order valence-corrected chi connectivity index (χ3v) is 4.22. The molecule has 0 unspecified atom stereocenters. The van der Waals surface area contributed by atoms with E-state index in [1.54, 1.807) is 36.4 Å². The highest BCUT2D eigenvalue weighted by Crippen LogP contribution is 2.26. The van der Waals surface area contributed by atoms with Crippen LogP contribution >= 0.6 is 0 Å². The van der Waals surface area contributed by atoms with Crippen LogP contribution in [0.4, 0.5) is 10.5 Å². The van der Waals surface area contributed by atoms with Gasteiger partial charge in [-0.1, -0.05) is 37.3 Å². The second-order valence-corrected chi connectivity index (χ2v) is 5.94. The largest absolute Gasteiger partial charge is 0.494 e. The molecule has 0 bridgehead atoms. The highest BCUT2D eigenvalue weighted by atomic mass is 16.5. The van der Waals surface area contributed by atoms with E-state index in [2.05, 4.69) is 5.32 Å². The maximum Gasteiger partial charge on any atom is 0.335 e. The number of aryl methyl sites for hydroxylation is 1. The van der Waals surface area contributed by atoms with E-state index >= 15 is 0 Å². The van der Waals surface area contributed by atoms with E-state index in [9.17, 15) is 14.4 Å². The number of nitrogens with one attached hydrogen (secondary N) is 1. The molecule has 1 saturated heterocycles. The molecule has 0 aliphatic carbocycles. The van der Waals surface area contributed by atoms with Gasteiger partial charge < -0.3 is 4.74 Å². The molecule has 3 rings (SSSR count). The predicted molar refractivity (Wildman–Crippen MR) is 102 cm³/mol. The van der Waals surface area contributed by atoms with E-state index in [4.69, 9.17) is 4.74 Å². The molecule has 1 aliphatic heterocycles. The molecule has 0 aromatic heterocycles. The molecule has 1 aliphatic rings. The molecule has 1 N–H and O–H groups in total. The number of barbiturate groups is 1. The van der Waals surface area contributed by atoms with Crippen LogP contribution in [-0.2, 0) is 16.0 Å². The lowest BCUT2D eigenvalue weighted by atomic mass is 10.0. The lowest BCUT2D eigenvalue weighted by Gasteiger charge is -2.27. The fraction of sp³-hybridized carbons (Fsp3) is 0.190. The van der Waals surface area contributed by atoms with Crippen LogP contribution in [0, 0.1) is 0 Å². The minimum atomic E-state index is -0.741. The van der Waals surface area contributed by atoms with Crippen molar-refractivity contribution in [3.05, 3.63) is 65.2 Å². The van der Waals surface area contributed by atoms with Gasteiger partial charge in [0.1, 0.15) is 11.3 Å². The van der Waals surface area contributed by atoms with E-state index in [0.29, 0.717) is 30.0 Å². The van der Waals surface area contributed by atoms with Gasteiger partial charge in [-0.05, 0) is 48.7 Å². The Balaban J connectivity index is 1.97. The van der Waals surface area contributed by atoms with Gasteiger partial charge in [0, 0.05) is 0 Å². The van der Waals surface area contributed by atoms with Crippen LogP contribution in [0.5, 0.6) is 5.75 Å². The maximum atomic E-state index is 12.9. The number of anilines is 1. The van der Waals surface area contributed by atoms with Crippen LogP contribution < -0.4 is 15.0 Å². The molecule has 0 radical (unpaired) electrons. The molecule has 2 aromatic carbocycles. The summed E-state index contributed by atoms with van der Waals surface area (Å²) in [5.41, 5.74) is 1.89. The molecule has 2 aromatic rings. The molecule has 0 atom stereocenters. The Kier molecular flexibility index (Phi) is 5.35. The zero-order chi connectivity index (χ0) is 19.4. The van der Waals surface area contributed by atoms with E-state index in [0.717, 1.165) is 10.5 Å². The Morgan fingerprint density at radius 2 is 1.70 bits per heavy atom. The van der Waals surface area contributed by atoms with Gasteiger partial charge in [-0.2, -0.15) is 0 Å². The Bertz CT molecular complexity index is 916. The number of ether oxygens (including phenoxy) is 1. The molecule has 27 heavy (non-hydrogen) atoms. The normalized spacial score (nSPS) is 15.9. The molecule has 0 saturated carbocycles. The molecular formula is C21H20N2O4. The maximum absolute atomic E-state index is 12.9. The third kappa shape index (κ3) is 3.74. The lowest BCUT2D eigenvalue weighted by molar-refractivity contribution is -0.122. The fourth-order valence-corrected chi connectivity index (χ4v) is 2.90. The van der Waals surface area contributed by atoms with Crippen molar-refractivity contribution < 1.29 is 19.1 Å². The number of nitrogens with zero attached hydrogens (tertiary/aromatic N) is 1. The Morgan fingerprint density at radius 1 is 1.00 bits per heavy atom. The summed E-state index contributed by atoms with van der Waals surface area (Å²) in [4.78, 5) is 38.5. The fourth-order valence-electron chi connectivity index (χ4n) is 2.90. The summed E-state index contributed by atoms with van der Waals surface area (Å²) in [6.45, 7) is 4.38. The minimum Gasteiger partial charge on any atom is -0.494 e. The highest BCUT2D eigenvalue weighted by Gasteiger charge is 2.37. The first-order valence-electron chi connectivity index (χ1n) is 8.77. The van der Waals surface area contributed by atoms with Crippen LogP contribution in [0.1, 0.15) is 25.0 Å². The molecule has 1 fully saturated rings. The second-order valence-electron chi connectivity index (χ2n) is 5.94. The van der Waals surface area contributed by atoms with Gasteiger partial charge in [-0.25, -0.2) is 9.69 Å². The Morgan fingerprint density at radius 3 is 2.37 bits per heavy atom. The first kappa shape index (κ1) is 18.4. The van der Waals surface area contributed by atoms with Crippen LogP contribution in [-0.4, -0.2) is 24.5 Å². The van der Waals surface area contributed by atoms with Gasteiger partial charge in [0.25, 0.3) is 11.8 Å². The third-order valence-electron chi connectivity index (χ3n) is 4.22. The topological polar surface area (TPSA) is 75.7 Å². The van der Waals surface area contributed by atoms with Crippen LogP contribution in [0.25, 0.3) is 6.08 Å². The van der Waals surface area contributed by atoms with Gasteiger partial charge in [0.2, 0.25) is 0 Å². The number of para-hydroxylation sites is 1. The first-order valence-corrected chi connectivity index (χ1v) is 8.77. The van der Waals surface area contributed by atoms with Crippen LogP contribution in [0.15, 0.2) is 54.1 Å². The molecule has 6 nitrogen and oxygen atoms in total. The van der Waals surface area contributed by atoms with Gasteiger partial charge >= 0.3 is 6.03 Å². The molecule has 4 amide bonds. The number of imide groups is 2. The SMILES string of the molecule is CCOc1ccc(/C=C2/C(=O)NC(=O)N(c3ccccc3CC)C2=O)cc1. The van der Waals surface area contributed by atoms with Crippen molar-refractivity contribution in [3.63, 3.8) is 0 Å². The van der Waals surface area contributed by atoms with E-state index < -0.39 is 17.8 Å². The summed E-state index contributed by atoms with van der Waals surface area (Å²) in [5, 5.41) is 2.25. The van der Waals surface area contributed by atoms with Gasteiger partial charge in [-0.3, -0.25) is 14.9 Å². The van der Waals surface area contributed by atoms with Gasteiger partial charge in [0.05, 0.1) is 12.3 Å². The molecule has 6 heteroatoms. The number of carbonyl (C=O) groups is 3. The van der Waals surface area contributed by atoms with Crippen molar-refractivity contribution >= 4 is 29.6 Å². The standard InChI is InChI=1S/C21H20N2O4/c1-3-15-7-5-6-8-18(15)23-20(25)17(19(24)22-21(23)26)13-14-9-11-16(12-10-14)27-4-2/h5-13H,3-4H2,1-2H3,(H,22,24,26)/b17-13-. The zero-order valence-electron chi connectivity index (χ0n) is 15.2. The van der Waals surface area contributed by atoms with Crippen molar-refractivity contribution in [2.75, 3.05) is 11.5 Å². The monoisotopic (exact) mass is 364 g/mol. The summed E-state index contributed by atoms with van der Waals surface area (Å²) in [6.07, 6.45) is 2.13. The zero-order valence-corrected chi connectivity index (χ0v) is 15.2. The average Bonchev–Trinajstić information content (AvgIpc) is 2.67. The summed E-state index contributed by atoms with van der Waals surface area (Å²) < 4.78 is 5.39. The van der Waals surface area contributed by atoms with Gasteiger partial charge in [0.15, 0.2) is 0 Å². The van der Waals surface area contributed by atoms with Crippen LogP contribution in [0.3, 0.4) is 0 Å². The van der Waals surface area contributed by atoms with E-state index in [1.165, 1.54) is 6.08 Å². The van der Waals surface area contributed by atoms with E-state index in [-0.39, 0.29) is 5.57 Å². The van der Waals surface area contributed by atoms with Crippen molar-refractivity contribution in [1.82, 2.24) is 5.32 Å². The number of benzene rings is 2. The van der Waals surface area contributed by atoms with Crippen LogP contribution in [0.2, 0.25) is 0 Å². The number of hydrogen-bond donors (Lipinski definition) is 1. The van der Waals surface area contributed by atoms with Gasteiger partial charge in [-0.15, -0.1) is 0 Å². The number of rotatable bonds is 5. The smallest absolute Gasteiger partial charge is 0.335 e. The van der Waals surface area contributed by atoms with Crippen molar-refractivity contribution in [2.24, 2.45) is 0 Å². The minimum absolute atomic E-state index is 0.0929. The average molecular weight is 364 g/mol. The Labute approximate surface area is 157 Å². The van der Waals surface area contributed by atoms with Crippen molar-refractivity contribution in [1.29, 1.82) is 0 Å². The second kappa shape index (κ2) is 7.86. The van der Waals surface area contributed by atoms with E-state index in [1.807, 2.05) is 26.0 Å². The summed E-state index contributed by atoms with van der Waals surface area (Å²) in [7, 11) is 0. The summed E-state index contributed by atoms with van der Waals surface area (Å²) in [5.74, 6) is -0.643. The number of carbonyl (C=O) groups excluding carboxylic acids is 3. The Hall–Kier alpha value is -3.41. The number of urea groups is 1. The number of amides is 4. The van der Waals surface area contributed by atoms with Crippen molar-refractivity contribution in [3.8, 4) is 5.75 Å². The predicted octanol–water partition coefficient (Wildman–Crippen LogP) is 3.31. The highest BCUT2D eigenvalue weighted by molar-refractivity contribution is 6.39. The molecule has 1 heterocycles. The molecule has 138 valence electrons. The molecule has 0 spiro atoms. The quantitative estimate of drug-likeness (QED) is 0.652. The summed E-state index contributed by atoms with van der Waals surface area (Å²) in [6, 6.07) is 13.4. The number of hydrogen-bond acceptors (Lipinski definition) is 4.